The number of hydrogen-bond acceptors (Lipinski definition) is 3. The number of carbonyl (C=O) groups excluding carboxylic acids is 2. The van der Waals surface area contributed by atoms with E-state index in [1.807, 2.05) is 18.2 Å². The minimum Gasteiger partial charge on any atom is -0.497 e. The van der Waals surface area contributed by atoms with Crippen LogP contribution >= 0.6 is 0 Å². The first-order valence-electron chi connectivity index (χ1n) is 11.3. The van der Waals surface area contributed by atoms with Crippen LogP contribution in [0.2, 0.25) is 0 Å². The molecule has 2 amide bonds. The molecule has 1 saturated heterocycles. The van der Waals surface area contributed by atoms with E-state index >= 15 is 0 Å². The summed E-state index contributed by atoms with van der Waals surface area (Å²) in [6.07, 6.45) is 2.79. The topological polar surface area (TPSA) is 67.4 Å². The van der Waals surface area contributed by atoms with E-state index in [1.54, 1.807) is 12.1 Å². The van der Waals surface area contributed by atoms with Gasteiger partial charge in [0.25, 0.3) is 0 Å². The minimum atomic E-state index is -0.612. The second-order valence-electron chi connectivity index (χ2n) is 8.70. The highest BCUT2D eigenvalue weighted by atomic mass is 19.1. The molecule has 2 N–H and O–H groups in total. The number of hydrogen-bond donors (Lipinski definition) is 2. The first-order chi connectivity index (χ1) is 16.0. The molecule has 0 saturated carbocycles. The van der Waals surface area contributed by atoms with Gasteiger partial charge in [-0.1, -0.05) is 48.5 Å². The minimum absolute atomic E-state index is 0.0553. The van der Waals surface area contributed by atoms with E-state index in [4.69, 9.17) is 4.74 Å². The Hall–Kier alpha value is -3.41. The average Bonchev–Trinajstić information content (AvgIpc) is 3.20. The molecule has 0 radical (unpaired) electrons. The van der Waals surface area contributed by atoms with Gasteiger partial charge in [-0.15, -0.1) is 0 Å². The zero-order chi connectivity index (χ0) is 23.3. The van der Waals surface area contributed by atoms with Crippen molar-refractivity contribution in [1.82, 2.24) is 10.6 Å². The first kappa shape index (κ1) is 22.8. The number of benzene rings is 3. The molecular weight excluding hydrogens is 419 g/mol. The van der Waals surface area contributed by atoms with Crippen molar-refractivity contribution >= 4 is 22.6 Å². The number of rotatable bonds is 9. The molecule has 1 heterocycles. The summed E-state index contributed by atoms with van der Waals surface area (Å²) in [4.78, 5) is 24.6. The van der Waals surface area contributed by atoms with Gasteiger partial charge in [-0.3, -0.25) is 9.59 Å². The van der Waals surface area contributed by atoms with Gasteiger partial charge in [0.2, 0.25) is 11.8 Å². The lowest BCUT2D eigenvalue weighted by Crippen LogP contribution is -2.44. The van der Waals surface area contributed by atoms with Gasteiger partial charge in [0.05, 0.1) is 7.11 Å². The molecule has 33 heavy (non-hydrogen) atoms. The van der Waals surface area contributed by atoms with Gasteiger partial charge in [-0.2, -0.15) is 0 Å². The molecule has 1 atom stereocenters. The Morgan fingerprint density at radius 3 is 2.70 bits per heavy atom. The molecule has 1 aliphatic rings. The van der Waals surface area contributed by atoms with Crippen molar-refractivity contribution < 1.29 is 18.7 Å². The summed E-state index contributed by atoms with van der Waals surface area (Å²) < 4.78 is 19.6. The second kappa shape index (κ2) is 10.0. The Morgan fingerprint density at radius 2 is 1.94 bits per heavy atom. The SMILES string of the molecule is COc1ccc(C[C@]2(CCC(=O)NCCc3cccc4ccccc34)CCC(=O)N2)c(F)c1. The van der Waals surface area contributed by atoms with Crippen LogP contribution in [-0.2, 0) is 22.4 Å². The van der Waals surface area contributed by atoms with E-state index < -0.39 is 5.54 Å². The number of methoxy groups -OCH3 is 1. The summed E-state index contributed by atoms with van der Waals surface area (Å²) in [6, 6.07) is 19.2. The number of ether oxygens (including phenoxy) is 1. The van der Waals surface area contributed by atoms with Gasteiger partial charge in [0.15, 0.2) is 0 Å². The Balaban J connectivity index is 1.34. The molecule has 0 aliphatic carbocycles. The first-order valence-corrected chi connectivity index (χ1v) is 11.3. The lowest BCUT2D eigenvalue weighted by molar-refractivity contribution is -0.122. The highest BCUT2D eigenvalue weighted by Crippen LogP contribution is 2.31. The Morgan fingerprint density at radius 1 is 1.12 bits per heavy atom. The molecule has 3 aromatic carbocycles. The fourth-order valence-electron chi connectivity index (χ4n) is 4.63. The normalized spacial score (nSPS) is 17.7. The van der Waals surface area contributed by atoms with Gasteiger partial charge in [0.1, 0.15) is 11.6 Å². The molecule has 0 spiro atoms. The van der Waals surface area contributed by atoms with Gasteiger partial charge >= 0.3 is 0 Å². The lowest BCUT2D eigenvalue weighted by Gasteiger charge is -2.29. The van der Waals surface area contributed by atoms with Crippen LogP contribution in [0.15, 0.2) is 60.7 Å². The molecule has 4 rings (SSSR count). The van der Waals surface area contributed by atoms with Crippen LogP contribution in [0.25, 0.3) is 10.8 Å². The molecule has 6 heteroatoms. The summed E-state index contributed by atoms with van der Waals surface area (Å²) >= 11 is 0. The van der Waals surface area contributed by atoms with Crippen LogP contribution in [0.1, 0.15) is 36.8 Å². The largest absolute Gasteiger partial charge is 0.497 e. The lowest BCUT2D eigenvalue weighted by atomic mass is 9.84. The fourth-order valence-corrected chi connectivity index (χ4v) is 4.63. The van der Waals surface area contributed by atoms with Gasteiger partial charge in [-0.05, 0) is 53.6 Å². The molecular formula is C27H29FN2O3. The molecule has 0 aromatic heterocycles. The summed E-state index contributed by atoms with van der Waals surface area (Å²) in [6.45, 7) is 0.541. The summed E-state index contributed by atoms with van der Waals surface area (Å²) in [5.41, 5.74) is 1.09. The van der Waals surface area contributed by atoms with Gasteiger partial charge in [0, 0.05) is 31.0 Å². The quantitative estimate of drug-likeness (QED) is 0.512. The van der Waals surface area contributed by atoms with Crippen molar-refractivity contribution in [2.45, 2.75) is 44.1 Å². The zero-order valence-corrected chi connectivity index (χ0v) is 18.8. The highest BCUT2D eigenvalue weighted by molar-refractivity contribution is 5.85. The van der Waals surface area contributed by atoms with Crippen LogP contribution in [-0.4, -0.2) is 31.0 Å². The van der Waals surface area contributed by atoms with Crippen LogP contribution in [0, 0.1) is 5.82 Å². The van der Waals surface area contributed by atoms with Crippen molar-refractivity contribution in [2.75, 3.05) is 13.7 Å². The van der Waals surface area contributed by atoms with Gasteiger partial charge in [-0.25, -0.2) is 4.39 Å². The predicted octanol–water partition coefficient (Wildman–Crippen LogP) is 4.32. The van der Waals surface area contributed by atoms with Crippen molar-refractivity contribution in [3.63, 3.8) is 0 Å². The highest BCUT2D eigenvalue weighted by Gasteiger charge is 2.38. The van der Waals surface area contributed by atoms with E-state index in [0.717, 1.165) is 6.42 Å². The Labute approximate surface area is 193 Å². The molecule has 172 valence electrons. The van der Waals surface area contributed by atoms with Gasteiger partial charge < -0.3 is 15.4 Å². The third kappa shape index (κ3) is 5.51. The molecule has 1 fully saturated rings. The molecule has 0 bridgehead atoms. The van der Waals surface area contributed by atoms with Crippen LogP contribution in [0.5, 0.6) is 5.75 Å². The molecule has 0 unspecified atom stereocenters. The number of fused-ring (bicyclic) bond motifs is 1. The number of amides is 2. The van der Waals surface area contributed by atoms with Crippen LogP contribution in [0.4, 0.5) is 4.39 Å². The summed E-state index contributed by atoms with van der Waals surface area (Å²) in [7, 11) is 1.49. The van der Waals surface area contributed by atoms with Crippen molar-refractivity contribution in [3.8, 4) is 5.75 Å². The Kier molecular flexibility index (Phi) is 6.92. The maximum Gasteiger partial charge on any atom is 0.220 e. The Bertz CT molecular complexity index is 1160. The maximum atomic E-state index is 14.5. The van der Waals surface area contributed by atoms with E-state index in [0.29, 0.717) is 43.5 Å². The smallest absolute Gasteiger partial charge is 0.220 e. The standard InChI is InChI=1S/C27H29FN2O3/c1-33-22-10-9-21(24(28)17-22)18-27(15-12-26(32)30-27)14-11-25(31)29-16-13-20-7-4-6-19-5-2-3-8-23(19)20/h2-10,17H,11-16,18H2,1H3,(H,29,31)(H,30,32)/t27-/m0/s1. The van der Waals surface area contributed by atoms with Crippen molar-refractivity contribution in [1.29, 1.82) is 0 Å². The van der Waals surface area contributed by atoms with E-state index in [-0.39, 0.29) is 24.1 Å². The summed E-state index contributed by atoms with van der Waals surface area (Å²) in [5, 5.41) is 8.39. The third-order valence-electron chi connectivity index (χ3n) is 6.45. The fraction of sp³-hybridized carbons (Fsp3) is 0.333. The summed E-state index contributed by atoms with van der Waals surface area (Å²) in [5.74, 6) is -0.0352. The van der Waals surface area contributed by atoms with Crippen LogP contribution in [0.3, 0.4) is 0 Å². The molecule has 3 aromatic rings. The van der Waals surface area contributed by atoms with Crippen molar-refractivity contribution in [2.24, 2.45) is 0 Å². The average molecular weight is 449 g/mol. The number of nitrogens with one attached hydrogen (secondary N) is 2. The van der Waals surface area contributed by atoms with Crippen LogP contribution < -0.4 is 15.4 Å². The zero-order valence-electron chi connectivity index (χ0n) is 18.8. The number of halogens is 1. The van der Waals surface area contributed by atoms with E-state index in [9.17, 15) is 14.0 Å². The number of carbonyl (C=O) groups is 2. The van der Waals surface area contributed by atoms with E-state index in [2.05, 4.69) is 34.9 Å². The predicted molar refractivity (Wildman–Crippen MR) is 127 cm³/mol. The maximum absolute atomic E-state index is 14.5. The molecule has 1 aliphatic heterocycles. The third-order valence-corrected chi connectivity index (χ3v) is 6.45. The van der Waals surface area contributed by atoms with E-state index in [1.165, 1.54) is 29.5 Å². The monoisotopic (exact) mass is 448 g/mol. The second-order valence-corrected chi connectivity index (χ2v) is 8.70. The molecule has 5 nitrogen and oxygen atoms in total. The van der Waals surface area contributed by atoms with Crippen molar-refractivity contribution in [3.05, 3.63) is 77.6 Å².